The van der Waals surface area contributed by atoms with Crippen LogP contribution in [0.25, 0.3) is 0 Å². The fraction of sp³-hybridized carbons (Fsp3) is 0.308. The van der Waals surface area contributed by atoms with Gasteiger partial charge < -0.3 is 19.8 Å². The molecule has 1 aliphatic heterocycles. The van der Waals surface area contributed by atoms with E-state index in [1.54, 1.807) is 6.20 Å². The highest BCUT2D eigenvalue weighted by Crippen LogP contribution is 2.34. The average molecular weight is 245 g/mol. The van der Waals surface area contributed by atoms with Crippen molar-refractivity contribution in [1.29, 1.82) is 0 Å². The van der Waals surface area contributed by atoms with Gasteiger partial charge in [-0.05, 0) is 18.6 Å². The first kappa shape index (κ1) is 11.0. The zero-order valence-corrected chi connectivity index (χ0v) is 10.2. The molecule has 2 heterocycles. The minimum atomic E-state index is 0.576. The van der Waals surface area contributed by atoms with Crippen LogP contribution in [0.2, 0.25) is 0 Å². The van der Waals surface area contributed by atoms with Crippen LogP contribution in [0.4, 0.5) is 5.69 Å². The maximum atomic E-state index is 6.04. The maximum Gasteiger partial charge on any atom is 0.163 e. The second-order valence-corrected chi connectivity index (χ2v) is 4.30. The number of benzene rings is 1. The number of hydrogen-bond donors (Lipinski definition) is 1. The van der Waals surface area contributed by atoms with Gasteiger partial charge in [-0.3, -0.25) is 0 Å². The van der Waals surface area contributed by atoms with Crippen LogP contribution < -0.4 is 15.2 Å². The summed E-state index contributed by atoms with van der Waals surface area (Å²) in [6.07, 6.45) is 3.72. The third kappa shape index (κ3) is 1.88. The van der Waals surface area contributed by atoms with E-state index < -0.39 is 0 Å². The summed E-state index contributed by atoms with van der Waals surface area (Å²) in [4.78, 5) is 4.20. The normalized spacial score (nSPS) is 13.6. The monoisotopic (exact) mass is 245 g/mol. The van der Waals surface area contributed by atoms with Gasteiger partial charge in [-0.15, -0.1) is 0 Å². The Morgan fingerprint density at radius 1 is 1.28 bits per heavy atom. The molecule has 0 saturated heterocycles. The molecule has 1 aliphatic rings. The Morgan fingerprint density at radius 2 is 2.00 bits per heavy atom. The van der Waals surface area contributed by atoms with Crippen LogP contribution in [-0.4, -0.2) is 22.8 Å². The molecule has 0 saturated carbocycles. The molecular formula is C13H15N3O2. The molecule has 0 amide bonds. The van der Waals surface area contributed by atoms with Crippen LogP contribution in [0.3, 0.4) is 0 Å². The van der Waals surface area contributed by atoms with Gasteiger partial charge in [-0.2, -0.15) is 0 Å². The second kappa shape index (κ2) is 4.25. The predicted molar refractivity (Wildman–Crippen MR) is 67.9 cm³/mol. The van der Waals surface area contributed by atoms with Crippen molar-refractivity contribution in [3.8, 4) is 11.5 Å². The van der Waals surface area contributed by atoms with Crippen molar-refractivity contribution < 1.29 is 9.47 Å². The van der Waals surface area contributed by atoms with Crippen molar-refractivity contribution in [2.24, 2.45) is 0 Å². The highest BCUT2D eigenvalue weighted by molar-refractivity contribution is 5.58. The quantitative estimate of drug-likeness (QED) is 0.816. The van der Waals surface area contributed by atoms with Crippen molar-refractivity contribution in [1.82, 2.24) is 9.55 Å². The lowest BCUT2D eigenvalue weighted by Crippen LogP contribution is -2.16. The topological polar surface area (TPSA) is 62.3 Å². The van der Waals surface area contributed by atoms with E-state index in [0.29, 0.717) is 25.4 Å². The number of aryl methyl sites for hydroxylation is 1. The van der Waals surface area contributed by atoms with E-state index in [4.69, 9.17) is 15.2 Å². The lowest BCUT2D eigenvalue weighted by atomic mass is 10.1. The Balaban J connectivity index is 1.95. The summed E-state index contributed by atoms with van der Waals surface area (Å²) in [7, 11) is 0. The highest BCUT2D eigenvalue weighted by Gasteiger charge is 2.15. The second-order valence-electron chi connectivity index (χ2n) is 4.30. The van der Waals surface area contributed by atoms with Crippen LogP contribution in [0, 0.1) is 6.92 Å². The zero-order chi connectivity index (χ0) is 12.5. The number of ether oxygens (including phenoxy) is 2. The van der Waals surface area contributed by atoms with Gasteiger partial charge in [0.15, 0.2) is 11.5 Å². The van der Waals surface area contributed by atoms with E-state index in [2.05, 4.69) is 4.98 Å². The summed E-state index contributed by atoms with van der Waals surface area (Å²) in [6.45, 7) is 3.81. The van der Waals surface area contributed by atoms with Crippen molar-refractivity contribution >= 4 is 5.69 Å². The molecule has 0 spiro atoms. The Bertz CT molecular complexity index is 578. The average Bonchev–Trinajstić information content (AvgIpc) is 2.76. The van der Waals surface area contributed by atoms with Gasteiger partial charge in [0.25, 0.3) is 0 Å². The summed E-state index contributed by atoms with van der Waals surface area (Å²) in [5.41, 5.74) is 7.77. The van der Waals surface area contributed by atoms with Crippen LogP contribution in [0.5, 0.6) is 11.5 Å². The van der Waals surface area contributed by atoms with Gasteiger partial charge in [0.05, 0.1) is 6.54 Å². The summed E-state index contributed by atoms with van der Waals surface area (Å²) in [6, 6.07) is 3.78. The van der Waals surface area contributed by atoms with E-state index >= 15 is 0 Å². The summed E-state index contributed by atoms with van der Waals surface area (Å²) in [5, 5.41) is 0. The minimum Gasteiger partial charge on any atom is -0.486 e. The molecule has 3 rings (SSSR count). The van der Waals surface area contributed by atoms with Gasteiger partial charge in [-0.25, -0.2) is 4.98 Å². The minimum absolute atomic E-state index is 0.576. The summed E-state index contributed by atoms with van der Waals surface area (Å²) >= 11 is 0. The molecule has 0 unspecified atom stereocenters. The zero-order valence-electron chi connectivity index (χ0n) is 10.2. The first-order chi connectivity index (χ1) is 8.74. The number of fused-ring (bicyclic) bond motifs is 1. The molecule has 0 radical (unpaired) electrons. The number of nitrogens with two attached hydrogens (primary N) is 1. The van der Waals surface area contributed by atoms with Gasteiger partial charge in [0.1, 0.15) is 19.0 Å². The third-order valence-electron chi connectivity index (χ3n) is 3.07. The first-order valence-corrected chi connectivity index (χ1v) is 5.90. The molecule has 5 heteroatoms. The fourth-order valence-corrected chi connectivity index (χ4v) is 2.04. The van der Waals surface area contributed by atoms with E-state index in [0.717, 1.165) is 22.9 Å². The molecule has 2 aromatic rings. The molecule has 0 aliphatic carbocycles. The molecule has 0 fully saturated rings. The largest absolute Gasteiger partial charge is 0.486 e. The van der Waals surface area contributed by atoms with Crippen LogP contribution >= 0.6 is 0 Å². The number of aromatic nitrogens is 2. The third-order valence-corrected chi connectivity index (χ3v) is 3.07. The van der Waals surface area contributed by atoms with Crippen LogP contribution in [0.1, 0.15) is 11.4 Å². The molecule has 0 bridgehead atoms. The van der Waals surface area contributed by atoms with Crippen molar-refractivity contribution in [3.63, 3.8) is 0 Å². The van der Waals surface area contributed by atoms with Crippen LogP contribution in [0.15, 0.2) is 24.5 Å². The lowest BCUT2D eigenvalue weighted by molar-refractivity contribution is 0.171. The van der Waals surface area contributed by atoms with Crippen molar-refractivity contribution in [2.75, 3.05) is 18.9 Å². The van der Waals surface area contributed by atoms with Crippen molar-refractivity contribution in [3.05, 3.63) is 35.9 Å². The molecule has 0 atom stereocenters. The van der Waals surface area contributed by atoms with Gasteiger partial charge in [0, 0.05) is 24.1 Å². The number of anilines is 1. The Morgan fingerprint density at radius 3 is 2.67 bits per heavy atom. The number of imidazole rings is 1. The fourth-order valence-electron chi connectivity index (χ4n) is 2.04. The first-order valence-electron chi connectivity index (χ1n) is 5.90. The summed E-state index contributed by atoms with van der Waals surface area (Å²) in [5.74, 6) is 2.46. The van der Waals surface area contributed by atoms with Gasteiger partial charge >= 0.3 is 0 Å². The van der Waals surface area contributed by atoms with E-state index in [1.165, 1.54) is 0 Å². The van der Waals surface area contributed by atoms with E-state index in [1.807, 2.05) is 29.8 Å². The molecular weight excluding hydrogens is 230 g/mol. The highest BCUT2D eigenvalue weighted by atomic mass is 16.6. The summed E-state index contributed by atoms with van der Waals surface area (Å²) < 4.78 is 13.1. The molecule has 1 aromatic carbocycles. The number of nitrogens with zero attached hydrogens (tertiary/aromatic N) is 2. The number of rotatable bonds is 2. The smallest absolute Gasteiger partial charge is 0.163 e. The molecule has 1 aromatic heterocycles. The maximum absolute atomic E-state index is 6.04. The predicted octanol–water partition coefficient (Wildman–Crippen LogP) is 1.59. The van der Waals surface area contributed by atoms with Gasteiger partial charge in [0.2, 0.25) is 0 Å². The standard InChI is InChI=1S/C13H15N3O2/c1-9-15-2-3-16(9)8-10-6-12-13(7-11(10)14)18-5-4-17-12/h2-3,6-7H,4-5,8,14H2,1H3. The van der Waals surface area contributed by atoms with Crippen LogP contribution in [-0.2, 0) is 6.54 Å². The molecule has 94 valence electrons. The SMILES string of the molecule is Cc1nccn1Cc1cc2c(cc1N)OCCO2. The number of nitrogen functional groups attached to an aromatic ring is 1. The molecule has 2 N–H and O–H groups in total. The van der Waals surface area contributed by atoms with E-state index in [-0.39, 0.29) is 0 Å². The molecule has 18 heavy (non-hydrogen) atoms. The van der Waals surface area contributed by atoms with Gasteiger partial charge in [-0.1, -0.05) is 0 Å². The lowest BCUT2D eigenvalue weighted by Gasteiger charge is -2.20. The Labute approximate surface area is 105 Å². The Hall–Kier alpha value is -2.17. The van der Waals surface area contributed by atoms with E-state index in [9.17, 15) is 0 Å². The number of hydrogen-bond acceptors (Lipinski definition) is 4. The molecule has 5 nitrogen and oxygen atoms in total. The van der Waals surface area contributed by atoms with Crippen molar-refractivity contribution in [2.45, 2.75) is 13.5 Å². The Kier molecular flexibility index (Phi) is 2.59.